The molecule has 6 aromatic rings. The fourth-order valence-electron chi connectivity index (χ4n) is 4.77. The molecule has 4 aromatic carbocycles. The number of nitro groups is 1. The number of amides is 1. The molecule has 0 spiro atoms. The number of para-hydroxylation sites is 2. The Kier molecular flexibility index (Phi) is 6.56. The number of nitrogens with zero attached hydrogens (tertiary/aromatic N) is 4. The monoisotopic (exact) mass is 525 g/mol. The van der Waals surface area contributed by atoms with E-state index in [1.807, 2.05) is 85.1 Å². The molecule has 0 saturated heterocycles. The maximum absolute atomic E-state index is 13.3. The van der Waals surface area contributed by atoms with Crippen LogP contribution in [0.25, 0.3) is 33.1 Å². The van der Waals surface area contributed by atoms with Gasteiger partial charge in [0.25, 0.3) is 11.6 Å². The summed E-state index contributed by atoms with van der Waals surface area (Å²) in [5, 5.41) is 17.0. The van der Waals surface area contributed by atoms with E-state index in [1.165, 1.54) is 12.1 Å². The smallest absolute Gasteiger partial charge is 0.272 e. The van der Waals surface area contributed by atoms with Gasteiger partial charge in [0.1, 0.15) is 0 Å². The number of non-ortho nitro benzene ring substituents is 1. The van der Waals surface area contributed by atoms with E-state index >= 15 is 0 Å². The molecule has 194 valence electrons. The van der Waals surface area contributed by atoms with Crippen molar-refractivity contribution < 1.29 is 9.72 Å². The summed E-state index contributed by atoms with van der Waals surface area (Å²) in [4.78, 5) is 28.6. The minimum Gasteiger partial charge on any atom is -0.342 e. The predicted molar refractivity (Wildman–Crippen MR) is 156 cm³/mol. The highest BCUT2D eigenvalue weighted by atomic mass is 16.6. The molecule has 0 unspecified atom stereocenters. The summed E-state index contributed by atoms with van der Waals surface area (Å²) in [5.74, 6) is -0.332. The van der Waals surface area contributed by atoms with Crippen LogP contribution in [-0.4, -0.2) is 26.6 Å². The normalized spacial score (nSPS) is 11.3. The molecule has 6 rings (SSSR count). The molecule has 40 heavy (non-hydrogen) atoms. The van der Waals surface area contributed by atoms with Crippen LogP contribution >= 0.6 is 0 Å². The lowest BCUT2D eigenvalue weighted by molar-refractivity contribution is -0.384. The van der Waals surface area contributed by atoms with Gasteiger partial charge in [-0.05, 0) is 23.8 Å². The number of fused-ring (bicyclic) bond motifs is 2. The molecule has 8 nitrogen and oxygen atoms in total. The van der Waals surface area contributed by atoms with Gasteiger partial charge in [0.2, 0.25) is 0 Å². The Bertz CT molecular complexity index is 1890. The van der Waals surface area contributed by atoms with Gasteiger partial charge in [0, 0.05) is 52.3 Å². The summed E-state index contributed by atoms with van der Waals surface area (Å²) in [6, 6.07) is 33.5. The minimum atomic E-state index is -0.408. The van der Waals surface area contributed by atoms with Crippen molar-refractivity contribution in [3.63, 3.8) is 0 Å². The second-order valence-corrected chi connectivity index (χ2v) is 9.29. The first-order valence-electron chi connectivity index (χ1n) is 12.7. The zero-order valence-corrected chi connectivity index (χ0v) is 21.3. The SMILES string of the molecule is O=C(N/N=C\c1cn(Cc2ccc([N+](=O)[O-])cc2)c2ccccc12)c1cc(-c2ccccc2)nc2ccccc12. The molecule has 0 saturated carbocycles. The van der Waals surface area contributed by atoms with E-state index in [1.54, 1.807) is 24.4 Å². The number of benzene rings is 4. The number of carbonyl (C=O) groups excluding carboxylic acids is 1. The Balaban J connectivity index is 1.27. The van der Waals surface area contributed by atoms with Crippen LogP contribution in [-0.2, 0) is 6.54 Å². The molecule has 0 aliphatic rings. The summed E-state index contributed by atoms with van der Waals surface area (Å²) in [5.41, 5.74) is 8.35. The summed E-state index contributed by atoms with van der Waals surface area (Å²) in [6.45, 7) is 0.532. The molecular weight excluding hydrogens is 502 g/mol. The van der Waals surface area contributed by atoms with Crippen LogP contribution in [0.2, 0.25) is 0 Å². The maximum Gasteiger partial charge on any atom is 0.272 e. The first-order valence-corrected chi connectivity index (χ1v) is 12.7. The van der Waals surface area contributed by atoms with Crippen LogP contribution in [0.15, 0.2) is 120 Å². The number of pyridine rings is 1. The highest BCUT2D eigenvalue weighted by molar-refractivity contribution is 6.07. The first kappa shape index (κ1) is 24.7. The number of rotatable bonds is 7. The van der Waals surface area contributed by atoms with Crippen molar-refractivity contribution in [3.8, 4) is 11.3 Å². The minimum absolute atomic E-state index is 0.0579. The summed E-state index contributed by atoms with van der Waals surface area (Å²) < 4.78 is 2.06. The molecule has 1 N–H and O–H groups in total. The second-order valence-electron chi connectivity index (χ2n) is 9.29. The van der Waals surface area contributed by atoms with Gasteiger partial charge in [0.15, 0.2) is 0 Å². The van der Waals surface area contributed by atoms with Gasteiger partial charge in [0.05, 0.1) is 27.9 Å². The van der Waals surface area contributed by atoms with E-state index in [9.17, 15) is 14.9 Å². The molecule has 0 atom stereocenters. The molecule has 0 aliphatic heterocycles. The van der Waals surface area contributed by atoms with Crippen molar-refractivity contribution in [1.29, 1.82) is 0 Å². The molecule has 0 aliphatic carbocycles. The average Bonchev–Trinajstić information content (AvgIpc) is 3.34. The maximum atomic E-state index is 13.3. The van der Waals surface area contributed by atoms with Crippen molar-refractivity contribution in [1.82, 2.24) is 15.0 Å². The Labute approximate surface area is 229 Å². The molecule has 0 bridgehead atoms. The van der Waals surface area contributed by atoms with Gasteiger partial charge in [-0.1, -0.05) is 78.9 Å². The number of aromatic nitrogens is 2. The Morgan fingerprint density at radius 2 is 1.60 bits per heavy atom. The highest BCUT2D eigenvalue weighted by Gasteiger charge is 2.14. The average molecular weight is 526 g/mol. The van der Waals surface area contributed by atoms with Crippen molar-refractivity contribution in [3.05, 3.63) is 142 Å². The second kappa shape index (κ2) is 10.6. The van der Waals surface area contributed by atoms with Gasteiger partial charge < -0.3 is 4.57 Å². The van der Waals surface area contributed by atoms with Crippen LogP contribution in [0.1, 0.15) is 21.5 Å². The third-order valence-corrected chi connectivity index (χ3v) is 6.72. The molecule has 8 heteroatoms. The lowest BCUT2D eigenvalue weighted by Crippen LogP contribution is -2.18. The van der Waals surface area contributed by atoms with E-state index in [0.29, 0.717) is 17.8 Å². The van der Waals surface area contributed by atoms with E-state index in [-0.39, 0.29) is 11.6 Å². The Hall–Kier alpha value is -5.63. The standard InChI is InChI=1S/C32H23N5O3/c38-32(28-18-30(23-8-2-1-3-9-23)34-29-12-6-4-11-27(28)29)35-33-19-24-21-36(31-13-7-5-10-26(24)31)20-22-14-16-25(17-15-22)37(39)40/h1-19,21H,20H2,(H,35,38)/b33-19-. The third-order valence-electron chi connectivity index (χ3n) is 6.72. The van der Waals surface area contributed by atoms with Gasteiger partial charge in [-0.2, -0.15) is 5.10 Å². The van der Waals surface area contributed by atoms with Crippen LogP contribution < -0.4 is 5.43 Å². The van der Waals surface area contributed by atoms with Crippen LogP contribution in [0.4, 0.5) is 5.69 Å². The van der Waals surface area contributed by atoms with Gasteiger partial charge in [-0.25, -0.2) is 10.4 Å². The molecule has 2 heterocycles. The van der Waals surface area contributed by atoms with E-state index < -0.39 is 4.92 Å². The van der Waals surface area contributed by atoms with Gasteiger partial charge in [-0.3, -0.25) is 14.9 Å². The summed E-state index contributed by atoms with van der Waals surface area (Å²) >= 11 is 0. The topological polar surface area (TPSA) is 102 Å². The van der Waals surface area contributed by atoms with E-state index in [0.717, 1.165) is 38.5 Å². The number of hydrogen-bond donors (Lipinski definition) is 1. The number of nitro benzene ring substituents is 1. The van der Waals surface area contributed by atoms with E-state index in [4.69, 9.17) is 4.98 Å². The fourth-order valence-corrected chi connectivity index (χ4v) is 4.77. The van der Waals surface area contributed by atoms with Gasteiger partial charge >= 0.3 is 0 Å². The Morgan fingerprint density at radius 3 is 2.38 bits per heavy atom. The van der Waals surface area contributed by atoms with Crippen molar-refractivity contribution >= 4 is 39.6 Å². The van der Waals surface area contributed by atoms with Crippen molar-refractivity contribution in [2.24, 2.45) is 5.10 Å². The quantitative estimate of drug-likeness (QED) is 0.145. The number of hydrogen-bond acceptors (Lipinski definition) is 5. The zero-order chi connectivity index (χ0) is 27.5. The van der Waals surface area contributed by atoms with Crippen LogP contribution in [0.5, 0.6) is 0 Å². The van der Waals surface area contributed by atoms with E-state index in [2.05, 4.69) is 15.1 Å². The molecule has 2 aromatic heterocycles. The number of hydrazone groups is 1. The Morgan fingerprint density at radius 1 is 0.900 bits per heavy atom. The van der Waals surface area contributed by atoms with Gasteiger partial charge in [-0.15, -0.1) is 0 Å². The predicted octanol–water partition coefficient (Wildman–Crippen LogP) is 6.58. The lowest BCUT2D eigenvalue weighted by Gasteiger charge is -2.09. The third kappa shape index (κ3) is 4.93. The molecule has 1 amide bonds. The molecular formula is C32H23N5O3. The lowest BCUT2D eigenvalue weighted by atomic mass is 10.0. The molecule has 0 radical (unpaired) electrons. The summed E-state index contributed by atoms with van der Waals surface area (Å²) in [6.07, 6.45) is 3.59. The van der Waals surface area contributed by atoms with Crippen LogP contribution in [0.3, 0.4) is 0 Å². The number of carbonyl (C=O) groups is 1. The van der Waals surface area contributed by atoms with Crippen molar-refractivity contribution in [2.45, 2.75) is 6.54 Å². The fraction of sp³-hybridized carbons (Fsp3) is 0.0312. The number of nitrogens with one attached hydrogen (secondary N) is 1. The highest BCUT2D eigenvalue weighted by Crippen LogP contribution is 2.25. The largest absolute Gasteiger partial charge is 0.342 e. The first-order chi connectivity index (χ1) is 19.6. The van der Waals surface area contributed by atoms with Crippen LogP contribution in [0, 0.1) is 10.1 Å². The van der Waals surface area contributed by atoms with Crippen molar-refractivity contribution in [2.75, 3.05) is 0 Å². The zero-order valence-electron chi connectivity index (χ0n) is 21.3. The summed E-state index contributed by atoms with van der Waals surface area (Å²) in [7, 11) is 0. The molecule has 0 fully saturated rings.